The molecule has 1 amide bonds. The van der Waals surface area contributed by atoms with Crippen molar-refractivity contribution in [1.29, 1.82) is 0 Å². The second-order valence-electron chi connectivity index (χ2n) is 8.49. The Labute approximate surface area is 236 Å². The number of nitrogens with one attached hydrogen (secondary N) is 2. The van der Waals surface area contributed by atoms with E-state index < -0.39 is 0 Å². The van der Waals surface area contributed by atoms with Gasteiger partial charge in [0.1, 0.15) is 11.4 Å². The molecule has 0 unspecified atom stereocenters. The van der Waals surface area contributed by atoms with Crippen molar-refractivity contribution in [3.05, 3.63) is 77.3 Å². The molecule has 0 atom stereocenters. The zero-order valence-electron chi connectivity index (χ0n) is 21.8. The second kappa shape index (κ2) is 13.3. The van der Waals surface area contributed by atoms with E-state index in [9.17, 15) is 9.90 Å². The summed E-state index contributed by atoms with van der Waals surface area (Å²) >= 11 is 7.31. The van der Waals surface area contributed by atoms with Crippen LogP contribution in [0.4, 0.5) is 5.69 Å². The average molecular weight is 565 g/mol. The number of thioether (sulfide) groups is 1. The van der Waals surface area contributed by atoms with Crippen molar-refractivity contribution in [2.45, 2.75) is 19.0 Å². The standard InChI is InChI=1S/C28H29ClN6O3S/c1-4-34(5-2)23-11-6-20(25(36)16-23)17-30-31-26(37)18-39-28-33-32-27(19-7-14-24(38-3)15-8-19)35(28)22-12-9-21(29)10-13-22/h6-17,36H,4-5,18H2,1-3H3,(H,31,37). The van der Waals surface area contributed by atoms with Gasteiger partial charge in [0.05, 0.1) is 32.2 Å². The van der Waals surface area contributed by atoms with Gasteiger partial charge in [-0.2, -0.15) is 5.10 Å². The Balaban J connectivity index is 1.46. The van der Waals surface area contributed by atoms with Crippen LogP contribution in [0.1, 0.15) is 19.4 Å². The van der Waals surface area contributed by atoms with Crippen LogP contribution in [0, 0.1) is 0 Å². The van der Waals surface area contributed by atoms with Crippen LogP contribution in [-0.2, 0) is 4.79 Å². The van der Waals surface area contributed by atoms with Gasteiger partial charge in [-0.05, 0) is 86.1 Å². The summed E-state index contributed by atoms with van der Waals surface area (Å²) in [5.41, 5.74) is 5.47. The number of amides is 1. The molecule has 4 rings (SSSR count). The first kappa shape index (κ1) is 28.2. The topological polar surface area (TPSA) is 109 Å². The van der Waals surface area contributed by atoms with Gasteiger partial charge < -0.3 is 14.7 Å². The quantitative estimate of drug-likeness (QED) is 0.164. The third kappa shape index (κ3) is 6.97. The molecule has 1 heterocycles. The summed E-state index contributed by atoms with van der Waals surface area (Å²) in [5.74, 6) is 0.901. The predicted octanol–water partition coefficient (Wildman–Crippen LogP) is 3.47. The SMILES string of the molecule is CC[NH+](CC)c1ccc(C=NNC(=O)CSc2nnc(-c3ccc(OC)cc3)n2-c2ccc(Cl)cc2)c([O-])c1. The summed E-state index contributed by atoms with van der Waals surface area (Å²) in [5, 5.41) is 26.3. The van der Waals surface area contributed by atoms with E-state index in [1.807, 2.05) is 47.0 Å². The van der Waals surface area contributed by atoms with Crippen LogP contribution in [0.5, 0.6) is 11.5 Å². The molecule has 0 bridgehead atoms. The number of halogens is 1. The Morgan fingerprint density at radius 3 is 2.46 bits per heavy atom. The molecule has 0 spiro atoms. The number of hydrogen-bond acceptors (Lipinski definition) is 7. The fourth-order valence-corrected chi connectivity index (χ4v) is 4.84. The highest BCUT2D eigenvalue weighted by Crippen LogP contribution is 2.29. The summed E-state index contributed by atoms with van der Waals surface area (Å²) in [7, 11) is 1.61. The predicted molar refractivity (Wildman–Crippen MR) is 152 cm³/mol. The number of hydrazone groups is 1. The Bertz CT molecular complexity index is 1440. The molecule has 0 radical (unpaired) electrons. The Kier molecular flexibility index (Phi) is 9.59. The minimum atomic E-state index is -0.343. The van der Waals surface area contributed by atoms with Crippen molar-refractivity contribution >= 4 is 41.2 Å². The fourth-order valence-electron chi connectivity index (χ4n) is 3.97. The third-order valence-electron chi connectivity index (χ3n) is 6.07. The van der Waals surface area contributed by atoms with Crippen molar-refractivity contribution in [2.24, 2.45) is 5.10 Å². The van der Waals surface area contributed by atoms with Crippen LogP contribution in [0.15, 0.2) is 77.0 Å². The lowest BCUT2D eigenvalue weighted by Gasteiger charge is -2.18. The van der Waals surface area contributed by atoms with Crippen molar-refractivity contribution in [3.63, 3.8) is 0 Å². The van der Waals surface area contributed by atoms with E-state index in [-0.39, 0.29) is 17.4 Å². The van der Waals surface area contributed by atoms with Gasteiger partial charge in [0.25, 0.3) is 5.91 Å². The molecule has 0 aliphatic rings. The first-order valence-corrected chi connectivity index (χ1v) is 13.8. The van der Waals surface area contributed by atoms with Gasteiger partial charge in [-0.15, -0.1) is 10.2 Å². The number of rotatable bonds is 11. The van der Waals surface area contributed by atoms with Crippen LogP contribution in [0.3, 0.4) is 0 Å². The van der Waals surface area contributed by atoms with E-state index >= 15 is 0 Å². The number of benzene rings is 3. The minimum absolute atomic E-state index is 0.0418. The molecule has 39 heavy (non-hydrogen) atoms. The van der Waals surface area contributed by atoms with Crippen LogP contribution < -0.4 is 20.2 Å². The lowest BCUT2D eigenvalue weighted by molar-refractivity contribution is -0.828. The molecular formula is C28H29ClN6O3S. The number of quaternary nitrogens is 1. The normalized spacial score (nSPS) is 11.3. The molecule has 2 N–H and O–H groups in total. The molecule has 0 aliphatic heterocycles. The van der Waals surface area contributed by atoms with Crippen molar-refractivity contribution in [2.75, 3.05) is 26.0 Å². The first-order chi connectivity index (χ1) is 18.9. The van der Waals surface area contributed by atoms with Gasteiger partial charge in [-0.25, -0.2) is 5.43 Å². The van der Waals surface area contributed by atoms with Crippen LogP contribution in [-0.4, -0.2) is 52.8 Å². The van der Waals surface area contributed by atoms with Crippen LogP contribution in [0.25, 0.3) is 17.1 Å². The van der Waals surface area contributed by atoms with Gasteiger partial charge in [0, 0.05) is 16.3 Å². The highest BCUT2D eigenvalue weighted by Gasteiger charge is 2.17. The molecule has 0 aliphatic carbocycles. The molecule has 1 aromatic heterocycles. The smallest absolute Gasteiger partial charge is 0.250 e. The number of carbonyl (C=O) groups excluding carboxylic acids is 1. The highest BCUT2D eigenvalue weighted by molar-refractivity contribution is 7.99. The van der Waals surface area contributed by atoms with Crippen molar-refractivity contribution < 1.29 is 19.5 Å². The van der Waals surface area contributed by atoms with E-state index in [4.69, 9.17) is 16.3 Å². The molecule has 4 aromatic rings. The Hall–Kier alpha value is -3.86. The molecule has 11 heteroatoms. The van der Waals surface area contributed by atoms with Crippen molar-refractivity contribution in [3.8, 4) is 28.6 Å². The summed E-state index contributed by atoms with van der Waals surface area (Å²) in [6.45, 7) is 5.93. The molecule has 3 aromatic carbocycles. The number of methoxy groups -OCH3 is 1. The highest BCUT2D eigenvalue weighted by atomic mass is 35.5. The maximum Gasteiger partial charge on any atom is 0.250 e. The summed E-state index contributed by atoms with van der Waals surface area (Å²) in [6.07, 6.45) is 1.37. The van der Waals surface area contributed by atoms with Gasteiger partial charge in [-0.1, -0.05) is 29.1 Å². The van der Waals surface area contributed by atoms with Gasteiger partial charge in [0.2, 0.25) is 0 Å². The zero-order chi connectivity index (χ0) is 27.8. The summed E-state index contributed by atoms with van der Waals surface area (Å²) in [4.78, 5) is 13.8. The number of nitrogens with zero attached hydrogens (tertiary/aromatic N) is 4. The van der Waals surface area contributed by atoms with E-state index in [1.54, 1.807) is 31.4 Å². The molecule has 9 nitrogen and oxygen atoms in total. The van der Waals surface area contributed by atoms with Crippen molar-refractivity contribution in [1.82, 2.24) is 20.2 Å². The van der Waals surface area contributed by atoms with E-state index in [0.29, 0.717) is 21.6 Å². The van der Waals surface area contributed by atoms with E-state index in [2.05, 4.69) is 34.6 Å². The van der Waals surface area contributed by atoms with Gasteiger partial charge in [0.15, 0.2) is 11.0 Å². The number of hydrogen-bond donors (Lipinski definition) is 2. The maximum absolute atomic E-state index is 12.5. The number of aromatic nitrogens is 3. The summed E-state index contributed by atoms with van der Waals surface area (Å²) < 4.78 is 7.12. The summed E-state index contributed by atoms with van der Waals surface area (Å²) in [6, 6.07) is 20.0. The average Bonchev–Trinajstić information content (AvgIpc) is 3.38. The maximum atomic E-state index is 12.5. The molecule has 0 saturated carbocycles. The van der Waals surface area contributed by atoms with E-state index in [0.717, 1.165) is 35.8 Å². The van der Waals surface area contributed by atoms with Gasteiger partial charge in [-0.3, -0.25) is 9.36 Å². The lowest BCUT2D eigenvalue weighted by Crippen LogP contribution is -3.06. The fraction of sp³-hybridized carbons (Fsp3) is 0.214. The Morgan fingerprint density at radius 1 is 1.10 bits per heavy atom. The minimum Gasteiger partial charge on any atom is -0.872 e. The second-order valence-corrected chi connectivity index (χ2v) is 9.87. The number of carbonyl (C=O) groups is 1. The molecular weight excluding hydrogens is 536 g/mol. The lowest BCUT2D eigenvalue weighted by atomic mass is 10.2. The largest absolute Gasteiger partial charge is 0.872 e. The molecule has 0 saturated heterocycles. The third-order valence-corrected chi connectivity index (χ3v) is 7.25. The molecule has 202 valence electrons. The first-order valence-electron chi connectivity index (χ1n) is 12.4. The monoisotopic (exact) mass is 564 g/mol. The number of ether oxygens (including phenoxy) is 1. The van der Waals surface area contributed by atoms with E-state index in [1.165, 1.54) is 22.9 Å². The van der Waals surface area contributed by atoms with Crippen LogP contribution in [0.2, 0.25) is 5.02 Å². The Morgan fingerprint density at radius 2 is 1.82 bits per heavy atom. The van der Waals surface area contributed by atoms with Gasteiger partial charge >= 0.3 is 0 Å². The molecule has 0 fully saturated rings. The van der Waals surface area contributed by atoms with Crippen LogP contribution >= 0.6 is 23.4 Å². The zero-order valence-corrected chi connectivity index (χ0v) is 23.4.